The van der Waals surface area contributed by atoms with E-state index in [1.807, 2.05) is 6.26 Å². The van der Waals surface area contributed by atoms with Crippen LogP contribution >= 0.6 is 32.9 Å². The first kappa shape index (κ1) is 19.9. The van der Waals surface area contributed by atoms with Gasteiger partial charge in [-0.3, -0.25) is 9.59 Å². The molecule has 2 rings (SSSR count). The molecule has 0 fully saturated rings. The van der Waals surface area contributed by atoms with Gasteiger partial charge in [-0.1, -0.05) is 21.6 Å². The van der Waals surface area contributed by atoms with E-state index < -0.39 is 0 Å². The minimum atomic E-state index is -0.338. The zero-order valence-electron chi connectivity index (χ0n) is 14.7. The summed E-state index contributed by atoms with van der Waals surface area (Å²) in [6, 6.07) is 1.70. The number of anilines is 2. The molecule has 2 aromatic heterocycles. The fraction of sp³-hybridized carbons (Fsp3) is 0.438. The average Bonchev–Trinajstić information content (AvgIpc) is 3.11. The van der Waals surface area contributed by atoms with Crippen LogP contribution in [0.15, 0.2) is 17.6 Å². The molecule has 2 aromatic rings. The van der Waals surface area contributed by atoms with Gasteiger partial charge in [0.15, 0.2) is 10.9 Å². The summed E-state index contributed by atoms with van der Waals surface area (Å²) in [7, 11) is 5.28. The van der Waals surface area contributed by atoms with Crippen molar-refractivity contribution in [1.29, 1.82) is 0 Å². The second kappa shape index (κ2) is 8.29. The monoisotopic (exact) mass is 398 g/mol. The molecular formula is C16H22N4O2S3. The van der Waals surface area contributed by atoms with E-state index in [2.05, 4.69) is 24.1 Å². The van der Waals surface area contributed by atoms with Gasteiger partial charge in [-0.15, -0.1) is 11.3 Å². The average molecular weight is 399 g/mol. The van der Waals surface area contributed by atoms with Crippen molar-refractivity contribution in [2.75, 3.05) is 17.3 Å². The third-order valence-corrected chi connectivity index (χ3v) is 6.92. The smallest absolute Gasteiger partial charge is 0.275 e. The number of hydrogen-bond donors (Lipinski definition) is 2. The fourth-order valence-electron chi connectivity index (χ4n) is 2.31. The molecule has 0 aliphatic carbocycles. The lowest BCUT2D eigenvalue weighted by Crippen LogP contribution is -2.16. The summed E-state index contributed by atoms with van der Waals surface area (Å²) in [5, 5.41) is 4.70. The third kappa shape index (κ3) is 5.52. The van der Waals surface area contributed by atoms with Gasteiger partial charge in [0.1, 0.15) is 5.69 Å². The maximum Gasteiger partial charge on any atom is 0.275 e. The number of carbonyl (C=O) groups excluding carboxylic acids is 2. The standard InChI is InChI=1S/C16H22N4O2S3/c1-16(2,25-23-4)6-5-13(21)12-7-10(8-20(12)3)18-14(22)11-9-24-15(17)19-11/h7-9H,5-6H2,1-4H3,(H2,17,19)(H,18,22). The summed E-state index contributed by atoms with van der Waals surface area (Å²) in [6.07, 6.45) is 5.02. The molecule has 2 heterocycles. The van der Waals surface area contributed by atoms with Gasteiger partial charge in [0.25, 0.3) is 5.91 Å². The Balaban J connectivity index is 2.01. The largest absolute Gasteiger partial charge is 0.375 e. The van der Waals surface area contributed by atoms with Crippen LogP contribution < -0.4 is 11.1 Å². The molecule has 1 amide bonds. The van der Waals surface area contributed by atoms with Crippen LogP contribution in [0.2, 0.25) is 0 Å². The van der Waals surface area contributed by atoms with Gasteiger partial charge >= 0.3 is 0 Å². The van der Waals surface area contributed by atoms with Crippen molar-refractivity contribution in [3.8, 4) is 0 Å². The molecule has 3 N–H and O–H groups in total. The van der Waals surface area contributed by atoms with E-state index in [1.54, 1.807) is 50.8 Å². The number of rotatable bonds is 8. The maximum atomic E-state index is 12.5. The predicted molar refractivity (Wildman–Crippen MR) is 109 cm³/mol. The molecular weight excluding hydrogens is 376 g/mol. The van der Waals surface area contributed by atoms with Crippen LogP contribution in [-0.2, 0) is 7.05 Å². The number of nitrogens with two attached hydrogens (primary N) is 1. The summed E-state index contributed by atoms with van der Waals surface area (Å²) in [5.74, 6) is -0.272. The quantitative estimate of drug-likeness (QED) is 0.515. The van der Waals surface area contributed by atoms with Gasteiger partial charge in [0, 0.05) is 29.8 Å². The molecule has 0 atom stereocenters. The third-order valence-electron chi connectivity index (χ3n) is 3.57. The fourth-order valence-corrected chi connectivity index (χ4v) is 5.09. The van der Waals surface area contributed by atoms with E-state index in [-0.39, 0.29) is 22.1 Å². The summed E-state index contributed by atoms with van der Waals surface area (Å²) in [6.45, 7) is 4.27. The van der Waals surface area contributed by atoms with Gasteiger partial charge in [-0.2, -0.15) is 0 Å². The number of nitrogens with one attached hydrogen (secondary N) is 1. The lowest BCUT2D eigenvalue weighted by atomic mass is 10.0. The van der Waals surface area contributed by atoms with Crippen LogP contribution in [-0.4, -0.2) is 32.2 Å². The minimum Gasteiger partial charge on any atom is -0.375 e. The molecule has 0 spiro atoms. The Morgan fingerprint density at radius 1 is 1.44 bits per heavy atom. The zero-order valence-corrected chi connectivity index (χ0v) is 17.1. The Labute approximate surface area is 159 Å². The van der Waals surface area contributed by atoms with E-state index in [9.17, 15) is 9.59 Å². The molecule has 0 aliphatic rings. The number of aryl methyl sites for hydroxylation is 1. The predicted octanol–water partition coefficient (Wildman–Crippen LogP) is 4.07. The van der Waals surface area contributed by atoms with Gasteiger partial charge in [0.05, 0.1) is 11.4 Å². The summed E-state index contributed by atoms with van der Waals surface area (Å²) < 4.78 is 1.78. The van der Waals surface area contributed by atoms with E-state index in [1.165, 1.54) is 11.3 Å². The highest BCUT2D eigenvalue weighted by Gasteiger charge is 2.22. The Morgan fingerprint density at radius 2 is 2.16 bits per heavy atom. The highest BCUT2D eigenvalue weighted by molar-refractivity contribution is 8.76. The molecule has 6 nitrogen and oxygen atoms in total. The van der Waals surface area contributed by atoms with Crippen LogP contribution in [0.25, 0.3) is 0 Å². The maximum absolute atomic E-state index is 12.5. The normalized spacial score (nSPS) is 11.5. The number of carbonyl (C=O) groups is 2. The summed E-state index contributed by atoms with van der Waals surface area (Å²) >= 11 is 1.21. The van der Waals surface area contributed by atoms with E-state index >= 15 is 0 Å². The zero-order chi connectivity index (χ0) is 18.6. The SMILES string of the molecule is CSSC(C)(C)CCC(=O)c1cc(NC(=O)c2csc(N)n2)cn1C. The molecule has 0 aliphatic heterocycles. The Kier molecular flexibility index (Phi) is 6.59. The highest BCUT2D eigenvalue weighted by atomic mass is 33.1. The van der Waals surface area contributed by atoms with E-state index in [0.29, 0.717) is 22.9 Å². The molecule has 0 saturated heterocycles. The number of thiazole rings is 1. The number of ketones is 1. The van der Waals surface area contributed by atoms with E-state index in [4.69, 9.17) is 5.73 Å². The van der Waals surface area contributed by atoms with Gasteiger partial charge in [0.2, 0.25) is 0 Å². The second-order valence-electron chi connectivity index (χ2n) is 6.18. The number of nitrogen functional groups attached to an aromatic ring is 1. The Bertz CT molecular complexity index is 767. The lowest BCUT2D eigenvalue weighted by Gasteiger charge is -2.21. The van der Waals surface area contributed by atoms with Gasteiger partial charge in [-0.05, 0) is 32.6 Å². The second-order valence-corrected chi connectivity index (χ2v) is 10.2. The van der Waals surface area contributed by atoms with Crippen LogP contribution in [0.1, 0.15) is 47.7 Å². The molecule has 0 bridgehead atoms. The van der Waals surface area contributed by atoms with Crippen molar-refractivity contribution in [3.05, 3.63) is 29.0 Å². The van der Waals surface area contributed by atoms with Crippen molar-refractivity contribution in [3.63, 3.8) is 0 Å². The van der Waals surface area contributed by atoms with Crippen molar-refractivity contribution < 1.29 is 9.59 Å². The van der Waals surface area contributed by atoms with Crippen LogP contribution in [0.3, 0.4) is 0 Å². The Morgan fingerprint density at radius 3 is 2.76 bits per heavy atom. The van der Waals surface area contributed by atoms with Crippen LogP contribution in [0, 0.1) is 0 Å². The van der Waals surface area contributed by atoms with E-state index in [0.717, 1.165) is 6.42 Å². The molecule has 25 heavy (non-hydrogen) atoms. The molecule has 0 aromatic carbocycles. The van der Waals surface area contributed by atoms with Crippen molar-refractivity contribution in [1.82, 2.24) is 9.55 Å². The number of hydrogen-bond acceptors (Lipinski definition) is 7. The minimum absolute atomic E-state index is 0.0435. The van der Waals surface area contributed by atoms with Gasteiger partial charge in [-0.25, -0.2) is 4.98 Å². The highest BCUT2D eigenvalue weighted by Crippen LogP contribution is 2.37. The molecule has 0 saturated carbocycles. The molecule has 136 valence electrons. The molecule has 0 radical (unpaired) electrons. The first-order valence-electron chi connectivity index (χ1n) is 7.65. The van der Waals surface area contributed by atoms with Crippen molar-refractivity contribution in [2.45, 2.75) is 31.4 Å². The van der Waals surface area contributed by atoms with Crippen LogP contribution in [0.5, 0.6) is 0 Å². The lowest BCUT2D eigenvalue weighted by molar-refractivity contribution is 0.0968. The molecule has 9 heteroatoms. The topological polar surface area (TPSA) is 90.0 Å². The summed E-state index contributed by atoms with van der Waals surface area (Å²) in [4.78, 5) is 28.6. The van der Waals surface area contributed by atoms with Crippen molar-refractivity contribution in [2.24, 2.45) is 7.05 Å². The Hall–Kier alpha value is -1.45. The number of aromatic nitrogens is 2. The number of nitrogens with zero attached hydrogens (tertiary/aromatic N) is 2. The first-order chi connectivity index (χ1) is 11.7. The molecule has 0 unspecified atom stereocenters. The number of amides is 1. The number of Topliss-reactive ketones (excluding diaryl/α,β-unsaturated/α-hetero) is 1. The van der Waals surface area contributed by atoms with Crippen molar-refractivity contribution >= 4 is 55.4 Å². The van der Waals surface area contributed by atoms with Crippen LogP contribution in [0.4, 0.5) is 10.8 Å². The summed E-state index contributed by atoms with van der Waals surface area (Å²) in [5.41, 5.74) is 6.97. The first-order valence-corrected chi connectivity index (χ1v) is 11.1. The van der Waals surface area contributed by atoms with Gasteiger partial charge < -0.3 is 15.6 Å².